The maximum absolute atomic E-state index is 5.68. The quantitative estimate of drug-likeness (QED) is 0.367. The summed E-state index contributed by atoms with van der Waals surface area (Å²) in [5.74, 6) is 5.13. The number of halogens is 1. The zero-order valence-corrected chi connectivity index (χ0v) is 6.31. The lowest BCUT2D eigenvalue weighted by atomic mass is 10.3. The molecule has 10 heavy (non-hydrogen) atoms. The van der Waals surface area contributed by atoms with Crippen LogP contribution in [0.1, 0.15) is 5.69 Å². The molecule has 3 nitrogen and oxygen atoms in total. The molecule has 0 atom stereocenters. The van der Waals surface area contributed by atoms with Gasteiger partial charge in [0.1, 0.15) is 0 Å². The smallest absolute Gasteiger partial charge is 0.153 e. The van der Waals surface area contributed by atoms with Gasteiger partial charge >= 0.3 is 0 Å². The van der Waals surface area contributed by atoms with Gasteiger partial charge in [-0.15, -0.1) is 0 Å². The summed E-state index contributed by atoms with van der Waals surface area (Å²) in [6.07, 6.45) is 0. The van der Waals surface area contributed by atoms with Crippen LogP contribution in [0.25, 0.3) is 0 Å². The highest BCUT2D eigenvalue weighted by Gasteiger charge is 1.97. The minimum atomic E-state index is 0.405. The number of nitrogens with two attached hydrogens (primary N) is 1. The van der Waals surface area contributed by atoms with Gasteiger partial charge in [0.25, 0.3) is 0 Å². The largest absolute Gasteiger partial charge is 0.321 e. The van der Waals surface area contributed by atoms with Crippen LogP contribution in [-0.4, -0.2) is 4.98 Å². The minimum Gasteiger partial charge on any atom is -0.321 e. The second-order valence-electron chi connectivity index (χ2n) is 1.94. The molecule has 0 aliphatic rings. The summed E-state index contributed by atoms with van der Waals surface area (Å²) in [6, 6.07) is 3.62. The molecule has 0 amide bonds. The van der Waals surface area contributed by atoms with Crippen molar-refractivity contribution in [2.75, 3.05) is 5.43 Å². The third-order valence-corrected chi connectivity index (χ3v) is 1.43. The predicted octanol–water partition coefficient (Wildman–Crippen LogP) is 1.33. The van der Waals surface area contributed by atoms with Gasteiger partial charge in [0.05, 0.1) is 5.69 Å². The van der Waals surface area contributed by atoms with E-state index in [0.29, 0.717) is 10.8 Å². The number of aromatic nitrogens is 1. The van der Waals surface area contributed by atoms with Crippen LogP contribution in [0, 0.1) is 6.92 Å². The number of anilines is 1. The Morgan fingerprint density at radius 2 is 2.30 bits per heavy atom. The van der Waals surface area contributed by atoms with Crippen molar-refractivity contribution in [2.24, 2.45) is 5.84 Å². The molecule has 4 heteroatoms. The van der Waals surface area contributed by atoms with Crippen molar-refractivity contribution in [1.29, 1.82) is 0 Å². The third kappa shape index (κ3) is 1.37. The van der Waals surface area contributed by atoms with E-state index in [1.54, 1.807) is 6.07 Å². The van der Waals surface area contributed by atoms with Gasteiger partial charge < -0.3 is 5.43 Å². The second-order valence-corrected chi connectivity index (χ2v) is 2.29. The molecule has 0 spiro atoms. The molecule has 54 valence electrons. The molecular weight excluding hydrogens is 150 g/mol. The van der Waals surface area contributed by atoms with E-state index in [4.69, 9.17) is 17.4 Å². The number of nitrogens with zero attached hydrogens (tertiary/aromatic N) is 1. The molecular formula is C6H8ClN3. The Kier molecular flexibility index (Phi) is 2.09. The summed E-state index contributed by atoms with van der Waals surface area (Å²) in [4.78, 5) is 3.97. The number of hydrogen-bond acceptors (Lipinski definition) is 3. The summed E-state index contributed by atoms with van der Waals surface area (Å²) < 4.78 is 0. The SMILES string of the molecule is Cc1ccc(NN)c(Cl)n1. The fraction of sp³-hybridized carbons (Fsp3) is 0.167. The standard InChI is InChI=1S/C6H8ClN3/c1-4-2-3-5(10-8)6(7)9-4/h2-3,10H,8H2,1H3. The molecule has 1 aromatic heterocycles. The summed E-state index contributed by atoms with van der Waals surface area (Å²) in [6.45, 7) is 1.87. The monoisotopic (exact) mass is 157 g/mol. The van der Waals surface area contributed by atoms with Crippen LogP contribution in [0.3, 0.4) is 0 Å². The molecule has 0 aliphatic carbocycles. The van der Waals surface area contributed by atoms with Gasteiger partial charge in [-0.05, 0) is 19.1 Å². The van der Waals surface area contributed by atoms with E-state index in [1.807, 2.05) is 13.0 Å². The normalized spacial score (nSPS) is 9.50. The Bertz CT molecular complexity index is 236. The Balaban J connectivity index is 3.07. The Hall–Kier alpha value is -0.800. The van der Waals surface area contributed by atoms with Gasteiger partial charge in [0, 0.05) is 5.69 Å². The first-order valence-electron chi connectivity index (χ1n) is 2.84. The maximum Gasteiger partial charge on any atom is 0.153 e. The van der Waals surface area contributed by atoms with Crippen LogP contribution in [0.4, 0.5) is 5.69 Å². The molecule has 0 radical (unpaired) electrons. The van der Waals surface area contributed by atoms with E-state index in [-0.39, 0.29) is 0 Å². The van der Waals surface area contributed by atoms with Crippen LogP contribution < -0.4 is 11.3 Å². The van der Waals surface area contributed by atoms with E-state index in [2.05, 4.69) is 10.4 Å². The van der Waals surface area contributed by atoms with Crippen LogP contribution in [-0.2, 0) is 0 Å². The van der Waals surface area contributed by atoms with Crippen LogP contribution in [0.2, 0.25) is 5.15 Å². The van der Waals surface area contributed by atoms with Crippen LogP contribution in [0.5, 0.6) is 0 Å². The first-order valence-corrected chi connectivity index (χ1v) is 3.21. The summed E-state index contributed by atoms with van der Waals surface area (Å²) in [5.41, 5.74) is 3.95. The number of pyridine rings is 1. The first-order chi connectivity index (χ1) is 4.74. The Labute approximate surface area is 64.2 Å². The lowest BCUT2D eigenvalue weighted by Gasteiger charge is -2.01. The molecule has 0 saturated heterocycles. The molecule has 0 saturated carbocycles. The zero-order valence-electron chi connectivity index (χ0n) is 5.56. The van der Waals surface area contributed by atoms with Crippen molar-refractivity contribution in [3.63, 3.8) is 0 Å². The van der Waals surface area contributed by atoms with Crippen molar-refractivity contribution in [2.45, 2.75) is 6.92 Å². The van der Waals surface area contributed by atoms with E-state index < -0.39 is 0 Å². The third-order valence-electron chi connectivity index (χ3n) is 1.14. The predicted molar refractivity (Wildman–Crippen MR) is 41.8 cm³/mol. The fourth-order valence-corrected chi connectivity index (χ4v) is 0.884. The highest BCUT2D eigenvalue weighted by Crippen LogP contribution is 2.17. The van der Waals surface area contributed by atoms with Gasteiger partial charge in [-0.25, -0.2) is 4.98 Å². The molecule has 0 fully saturated rings. The van der Waals surface area contributed by atoms with Gasteiger partial charge in [-0.3, -0.25) is 5.84 Å². The number of hydrogen-bond donors (Lipinski definition) is 2. The van der Waals surface area contributed by atoms with E-state index >= 15 is 0 Å². The van der Waals surface area contributed by atoms with Gasteiger partial charge in [-0.1, -0.05) is 11.6 Å². The van der Waals surface area contributed by atoms with E-state index in [0.717, 1.165) is 5.69 Å². The number of hydrazine groups is 1. The van der Waals surface area contributed by atoms with Crippen LogP contribution in [0.15, 0.2) is 12.1 Å². The number of aryl methyl sites for hydroxylation is 1. The highest BCUT2D eigenvalue weighted by atomic mass is 35.5. The molecule has 1 aromatic rings. The van der Waals surface area contributed by atoms with Gasteiger partial charge in [0.2, 0.25) is 0 Å². The maximum atomic E-state index is 5.68. The highest BCUT2D eigenvalue weighted by molar-refractivity contribution is 6.31. The molecule has 0 aliphatic heterocycles. The van der Waals surface area contributed by atoms with Crippen molar-refractivity contribution < 1.29 is 0 Å². The lowest BCUT2D eigenvalue weighted by Crippen LogP contribution is -2.07. The molecule has 0 aromatic carbocycles. The topological polar surface area (TPSA) is 50.9 Å². The van der Waals surface area contributed by atoms with Crippen LogP contribution >= 0.6 is 11.6 Å². The second kappa shape index (κ2) is 2.86. The minimum absolute atomic E-state index is 0.405. The summed E-state index contributed by atoms with van der Waals surface area (Å²) in [5, 5.41) is 0.405. The molecule has 3 N–H and O–H groups in total. The molecule has 0 bridgehead atoms. The van der Waals surface area contributed by atoms with Crippen molar-refractivity contribution >= 4 is 17.3 Å². The first kappa shape index (κ1) is 7.31. The average Bonchev–Trinajstić information content (AvgIpc) is 1.88. The van der Waals surface area contributed by atoms with Crippen molar-refractivity contribution in [3.05, 3.63) is 23.0 Å². The van der Waals surface area contributed by atoms with E-state index in [1.165, 1.54) is 0 Å². The van der Waals surface area contributed by atoms with Gasteiger partial charge in [0.15, 0.2) is 5.15 Å². The average molecular weight is 158 g/mol. The van der Waals surface area contributed by atoms with Crippen molar-refractivity contribution in [1.82, 2.24) is 4.98 Å². The van der Waals surface area contributed by atoms with Crippen molar-refractivity contribution in [3.8, 4) is 0 Å². The summed E-state index contributed by atoms with van der Waals surface area (Å²) >= 11 is 5.68. The van der Waals surface area contributed by atoms with E-state index in [9.17, 15) is 0 Å². The Morgan fingerprint density at radius 1 is 1.60 bits per heavy atom. The van der Waals surface area contributed by atoms with Gasteiger partial charge in [-0.2, -0.15) is 0 Å². The zero-order chi connectivity index (χ0) is 7.56. The number of nitrogens with one attached hydrogen (secondary N) is 1. The summed E-state index contributed by atoms with van der Waals surface area (Å²) in [7, 11) is 0. The Morgan fingerprint density at radius 3 is 2.80 bits per heavy atom. The molecule has 0 unspecified atom stereocenters. The molecule has 1 rings (SSSR count). The number of rotatable bonds is 1. The lowest BCUT2D eigenvalue weighted by molar-refractivity contribution is 1.18. The fourth-order valence-electron chi connectivity index (χ4n) is 0.633. The number of nitrogen functional groups attached to an aromatic ring is 1. The molecule has 1 heterocycles.